The third-order valence-corrected chi connectivity index (χ3v) is 2.96. The molecule has 11 heavy (non-hydrogen) atoms. The molecule has 1 N–H and O–H groups in total. The highest BCUT2D eigenvalue weighted by Gasteiger charge is 2.33. The molecule has 0 aromatic rings. The molecular weight excluding hydrogens is 136 g/mol. The zero-order valence-corrected chi connectivity index (χ0v) is 7.56. The second-order valence-electron chi connectivity index (χ2n) is 4.36. The van der Waals surface area contributed by atoms with Crippen molar-refractivity contribution in [3.63, 3.8) is 0 Å². The fourth-order valence-corrected chi connectivity index (χ4v) is 1.56. The zero-order chi connectivity index (χ0) is 8.54. The molecule has 64 valence electrons. The van der Waals surface area contributed by atoms with Crippen molar-refractivity contribution in [2.24, 2.45) is 5.41 Å². The third-order valence-electron chi connectivity index (χ3n) is 2.96. The van der Waals surface area contributed by atoms with Crippen LogP contribution >= 0.6 is 0 Å². The van der Waals surface area contributed by atoms with Gasteiger partial charge in [-0.3, -0.25) is 0 Å². The van der Waals surface area contributed by atoms with E-state index in [1.807, 2.05) is 13.0 Å². The maximum absolute atomic E-state index is 9.67. The van der Waals surface area contributed by atoms with E-state index in [0.717, 1.165) is 25.7 Å². The van der Waals surface area contributed by atoms with Crippen molar-refractivity contribution in [3.8, 4) is 0 Å². The Morgan fingerprint density at radius 1 is 1.18 bits per heavy atom. The first-order valence-corrected chi connectivity index (χ1v) is 4.33. The molecule has 0 saturated heterocycles. The van der Waals surface area contributed by atoms with Gasteiger partial charge in [0.05, 0.1) is 5.60 Å². The lowest BCUT2D eigenvalue weighted by atomic mass is 9.70. The van der Waals surface area contributed by atoms with Crippen LogP contribution in [0.3, 0.4) is 0 Å². The molecule has 0 aromatic carbocycles. The van der Waals surface area contributed by atoms with Gasteiger partial charge in [-0.25, -0.2) is 0 Å². The van der Waals surface area contributed by atoms with E-state index in [-0.39, 0.29) is 5.41 Å². The van der Waals surface area contributed by atoms with Crippen LogP contribution in [0.5, 0.6) is 0 Å². The van der Waals surface area contributed by atoms with Crippen LogP contribution in [0.2, 0.25) is 0 Å². The molecule has 0 unspecified atom stereocenters. The van der Waals surface area contributed by atoms with E-state index < -0.39 is 5.60 Å². The predicted octanol–water partition coefficient (Wildman–Crippen LogP) is 2.50. The van der Waals surface area contributed by atoms with E-state index in [0.29, 0.717) is 0 Å². The normalized spacial score (nSPS) is 45.4. The molecular formula is C10H18O. The standard InChI is InChI=1S/C10H18O/c1-4-9(2)5-7-10(3,11)8-6-9/h4,11H,1,5-8H2,2-3H3. The van der Waals surface area contributed by atoms with Crippen molar-refractivity contribution in [2.45, 2.75) is 45.1 Å². The Balaban J connectivity index is 2.54. The van der Waals surface area contributed by atoms with E-state index >= 15 is 0 Å². The molecule has 0 bridgehead atoms. The first kappa shape index (κ1) is 8.79. The average molecular weight is 154 g/mol. The second-order valence-corrected chi connectivity index (χ2v) is 4.36. The molecule has 1 aliphatic rings. The van der Waals surface area contributed by atoms with Crippen molar-refractivity contribution in [3.05, 3.63) is 12.7 Å². The quantitative estimate of drug-likeness (QED) is 0.575. The van der Waals surface area contributed by atoms with Crippen LogP contribution in [-0.4, -0.2) is 10.7 Å². The maximum Gasteiger partial charge on any atom is 0.0620 e. The summed E-state index contributed by atoms with van der Waals surface area (Å²) in [5.41, 5.74) is -0.134. The van der Waals surface area contributed by atoms with Gasteiger partial charge in [0.1, 0.15) is 0 Å². The molecule has 0 atom stereocenters. The Hall–Kier alpha value is -0.300. The SMILES string of the molecule is C=CC1(C)CCC(C)(O)CC1. The smallest absolute Gasteiger partial charge is 0.0620 e. The Bertz CT molecular complexity index is 148. The van der Waals surface area contributed by atoms with Crippen LogP contribution in [-0.2, 0) is 0 Å². The van der Waals surface area contributed by atoms with Crippen LogP contribution in [0, 0.1) is 5.41 Å². The molecule has 0 radical (unpaired) electrons. The molecule has 1 nitrogen and oxygen atoms in total. The summed E-state index contributed by atoms with van der Waals surface area (Å²) in [5, 5.41) is 9.67. The number of hydrogen-bond acceptors (Lipinski definition) is 1. The minimum Gasteiger partial charge on any atom is -0.390 e. The van der Waals surface area contributed by atoms with Crippen molar-refractivity contribution in [1.29, 1.82) is 0 Å². The van der Waals surface area contributed by atoms with Crippen LogP contribution in [0.15, 0.2) is 12.7 Å². The van der Waals surface area contributed by atoms with Crippen LogP contribution in [0.1, 0.15) is 39.5 Å². The van der Waals surface area contributed by atoms with Gasteiger partial charge in [0.2, 0.25) is 0 Å². The van der Waals surface area contributed by atoms with E-state index in [4.69, 9.17) is 0 Å². The van der Waals surface area contributed by atoms with E-state index in [9.17, 15) is 5.11 Å². The van der Waals surface area contributed by atoms with E-state index in [2.05, 4.69) is 13.5 Å². The highest BCUT2D eigenvalue weighted by molar-refractivity contribution is 4.97. The predicted molar refractivity (Wildman–Crippen MR) is 47.4 cm³/mol. The van der Waals surface area contributed by atoms with Gasteiger partial charge >= 0.3 is 0 Å². The van der Waals surface area contributed by atoms with Crippen LogP contribution < -0.4 is 0 Å². The summed E-state index contributed by atoms with van der Waals surface area (Å²) in [6.07, 6.45) is 6.00. The van der Waals surface area contributed by atoms with Crippen molar-refractivity contribution in [2.75, 3.05) is 0 Å². The number of allylic oxidation sites excluding steroid dienone is 1. The lowest BCUT2D eigenvalue weighted by molar-refractivity contribution is -0.00307. The highest BCUT2D eigenvalue weighted by Crippen LogP contribution is 2.40. The number of hydrogen-bond donors (Lipinski definition) is 1. The van der Waals surface area contributed by atoms with Crippen molar-refractivity contribution < 1.29 is 5.11 Å². The molecule has 1 aliphatic carbocycles. The molecule has 0 heterocycles. The number of rotatable bonds is 1. The third kappa shape index (κ3) is 2.06. The first-order valence-electron chi connectivity index (χ1n) is 4.33. The summed E-state index contributed by atoms with van der Waals surface area (Å²) < 4.78 is 0. The summed E-state index contributed by atoms with van der Waals surface area (Å²) in [6.45, 7) is 7.97. The van der Waals surface area contributed by atoms with E-state index in [1.165, 1.54) is 0 Å². The van der Waals surface area contributed by atoms with Gasteiger partial charge < -0.3 is 5.11 Å². The molecule has 0 amide bonds. The largest absolute Gasteiger partial charge is 0.390 e. The lowest BCUT2D eigenvalue weighted by Gasteiger charge is -2.38. The maximum atomic E-state index is 9.67. The van der Waals surface area contributed by atoms with Gasteiger partial charge in [0.25, 0.3) is 0 Å². The van der Waals surface area contributed by atoms with Gasteiger partial charge in [-0.15, -0.1) is 6.58 Å². The van der Waals surface area contributed by atoms with Gasteiger partial charge in [0, 0.05) is 0 Å². The Morgan fingerprint density at radius 3 is 2.00 bits per heavy atom. The van der Waals surface area contributed by atoms with Crippen molar-refractivity contribution >= 4 is 0 Å². The van der Waals surface area contributed by atoms with Gasteiger partial charge in [-0.2, -0.15) is 0 Å². The fourth-order valence-electron chi connectivity index (χ4n) is 1.56. The lowest BCUT2D eigenvalue weighted by Crippen LogP contribution is -2.34. The fraction of sp³-hybridized carbons (Fsp3) is 0.800. The van der Waals surface area contributed by atoms with Gasteiger partial charge in [-0.1, -0.05) is 13.0 Å². The monoisotopic (exact) mass is 154 g/mol. The molecule has 1 rings (SSSR count). The summed E-state index contributed by atoms with van der Waals surface area (Å²) in [4.78, 5) is 0. The van der Waals surface area contributed by atoms with Gasteiger partial charge in [-0.05, 0) is 38.0 Å². The minimum atomic E-state index is -0.414. The summed E-state index contributed by atoms with van der Waals surface area (Å²) in [5.74, 6) is 0. The highest BCUT2D eigenvalue weighted by atomic mass is 16.3. The first-order chi connectivity index (χ1) is 4.97. The Labute approximate surface area is 69.1 Å². The number of aliphatic hydroxyl groups is 1. The zero-order valence-electron chi connectivity index (χ0n) is 7.56. The van der Waals surface area contributed by atoms with Crippen molar-refractivity contribution in [1.82, 2.24) is 0 Å². The molecule has 1 heteroatoms. The summed E-state index contributed by atoms with van der Waals surface area (Å²) >= 11 is 0. The molecule has 1 saturated carbocycles. The molecule has 1 fully saturated rings. The average Bonchev–Trinajstić information content (AvgIpc) is 1.97. The summed E-state index contributed by atoms with van der Waals surface area (Å²) in [7, 11) is 0. The van der Waals surface area contributed by atoms with Crippen LogP contribution in [0.25, 0.3) is 0 Å². The Kier molecular flexibility index (Phi) is 2.10. The van der Waals surface area contributed by atoms with E-state index in [1.54, 1.807) is 0 Å². The summed E-state index contributed by atoms with van der Waals surface area (Å²) in [6, 6.07) is 0. The molecule has 0 aliphatic heterocycles. The second kappa shape index (κ2) is 2.63. The molecule has 0 spiro atoms. The van der Waals surface area contributed by atoms with Crippen LogP contribution in [0.4, 0.5) is 0 Å². The Morgan fingerprint density at radius 2 is 1.64 bits per heavy atom. The minimum absolute atomic E-state index is 0.280. The van der Waals surface area contributed by atoms with Gasteiger partial charge in [0.15, 0.2) is 0 Å². The topological polar surface area (TPSA) is 20.2 Å². The molecule has 0 aromatic heterocycles.